The Bertz CT molecular complexity index is 510. The fourth-order valence-corrected chi connectivity index (χ4v) is 2.19. The van der Waals surface area contributed by atoms with Crippen molar-refractivity contribution in [2.45, 2.75) is 19.0 Å². The van der Waals surface area contributed by atoms with E-state index in [9.17, 15) is 22.4 Å². The Kier molecular flexibility index (Phi) is 4.82. The number of nitrogens with one attached hydrogen (secondary N) is 1. The first-order valence-corrected chi connectivity index (χ1v) is 6.60. The van der Waals surface area contributed by atoms with Gasteiger partial charge in [-0.05, 0) is 37.0 Å². The van der Waals surface area contributed by atoms with Crippen LogP contribution in [0, 0.1) is 11.7 Å². The largest absolute Gasteiger partial charge is 0.419 e. The van der Waals surface area contributed by atoms with Crippen LogP contribution >= 0.6 is 0 Å². The molecule has 116 valence electrons. The molecule has 0 aliphatic carbocycles. The monoisotopic (exact) mass is 305 g/mol. The van der Waals surface area contributed by atoms with E-state index in [1.54, 1.807) is 0 Å². The molecule has 21 heavy (non-hydrogen) atoms. The predicted molar refractivity (Wildman–Crippen MR) is 67.3 cm³/mol. The summed E-state index contributed by atoms with van der Waals surface area (Å²) >= 11 is 0. The Balaban J connectivity index is 2.02. The normalized spacial score (nSPS) is 19.3. The van der Waals surface area contributed by atoms with E-state index in [0.29, 0.717) is 31.9 Å². The van der Waals surface area contributed by atoms with E-state index < -0.39 is 23.5 Å². The molecule has 0 spiro atoms. The summed E-state index contributed by atoms with van der Waals surface area (Å²) in [7, 11) is 0. The third-order valence-corrected chi connectivity index (χ3v) is 3.34. The summed E-state index contributed by atoms with van der Waals surface area (Å²) in [5, 5.41) is 2.56. The zero-order chi connectivity index (χ0) is 15.5. The summed E-state index contributed by atoms with van der Waals surface area (Å²) < 4.78 is 56.1. The molecule has 1 saturated heterocycles. The van der Waals surface area contributed by atoms with Gasteiger partial charge in [-0.1, -0.05) is 0 Å². The first kappa shape index (κ1) is 15.8. The van der Waals surface area contributed by atoms with Crippen LogP contribution in [0.1, 0.15) is 28.8 Å². The van der Waals surface area contributed by atoms with Crippen LogP contribution < -0.4 is 5.32 Å². The van der Waals surface area contributed by atoms with Crippen LogP contribution in [0.25, 0.3) is 0 Å². The number of halogens is 4. The highest BCUT2D eigenvalue weighted by molar-refractivity contribution is 5.94. The molecule has 1 N–H and O–H groups in total. The average molecular weight is 305 g/mol. The van der Waals surface area contributed by atoms with Crippen LogP contribution in [-0.4, -0.2) is 25.7 Å². The van der Waals surface area contributed by atoms with Crippen molar-refractivity contribution in [3.8, 4) is 0 Å². The van der Waals surface area contributed by atoms with Crippen molar-refractivity contribution in [2.24, 2.45) is 5.92 Å². The van der Waals surface area contributed by atoms with E-state index >= 15 is 0 Å². The average Bonchev–Trinajstić information content (AvgIpc) is 2.45. The van der Waals surface area contributed by atoms with E-state index in [-0.39, 0.29) is 11.5 Å². The molecule has 3 nitrogen and oxygen atoms in total. The van der Waals surface area contributed by atoms with Gasteiger partial charge in [0.1, 0.15) is 5.82 Å². The van der Waals surface area contributed by atoms with Crippen molar-refractivity contribution in [3.63, 3.8) is 0 Å². The van der Waals surface area contributed by atoms with Gasteiger partial charge in [0.15, 0.2) is 0 Å². The second-order valence-corrected chi connectivity index (χ2v) is 4.99. The molecule has 0 aromatic heterocycles. The lowest BCUT2D eigenvalue weighted by Crippen LogP contribution is -2.33. The van der Waals surface area contributed by atoms with E-state index in [1.807, 2.05) is 0 Å². The van der Waals surface area contributed by atoms with Crippen LogP contribution in [-0.2, 0) is 10.9 Å². The lowest BCUT2D eigenvalue weighted by molar-refractivity contribution is -0.140. The Morgan fingerprint density at radius 3 is 2.76 bits per heavy atom. The summed E-state index contributed by atoms with van der Waals surface area (Å²) in [6.07, 6.45) is -3.02. The maximum absolute atomic E-state index is 13.1. The quantitative estimate of drug-likeness (QED) is 0.872. The lowest BCUT2D eigenvalue weighted by atomic mass is 10.0. The zero-order valence-electron chi connectivity index (χ0n) is 11.2. The molecule has 1 fully saturated rings. The van der Waals surface area contributed by atoms with Crippen LogP contribution in [0.5, 0.6) is 0 Å². The van der Waals surface area contributed by atoms with Crippen molar-refractivity contribution < 1.29 is 27.1 Å². The fraction of sp³-hybridized carbons (Fsp3) is 0.500. The number of amides is 1. The van der Waals surface area contributed by atoms with Gasteiger partial charge in [0, 0.05) is 18.7 Å². The number of rotatable bonds is 3. The standard InChI is InChI=1S/C14H15F4NO2/c15-12-4-3-10(6-11(12)14(16,17)18)13(20)19-7-9-2-1-5-21-8-9/h3-4,6,9H,1-2,5,7-8H2,(H,19,20). The molecule has 1 aromatic rings. The van der Waals surface area contributed by atoms with E-state index in [4.69, 9.17) is 4.74 Å². The number of hydrogen-bond donors (Lipinski definition) is 1. The fourth-order valence-electron chi connectivity index (χ4n) is 2.19. The topological polar surface area (TPSA) is 38.3 Å². The number of carbonyl (C=O) groups is 1. The molecule has 1 aromatic carbocycles. The van der Waals surface area contributed by atoms with E-state index in [2.05, 4.69) is 5.32 Å². The van der Waals surface area contributed by atoms with Crippen LogP contribution in [0.15, 0.2) is 18.2 Å². The number of benzene rings is 1. The first-order chi connectivity index (χ1) is 9.88. The summed E-state index contributed by atoms with van der Waals surface area (Å²) in [5.74, 6) is -1.88. The SMILES string of the molecule is O=C(NCC1CCCOC1)c1ccc(F)c(C(F)(F)F)c1. The second kappa shape index (κ2) is 6.43. The summed E-state index contributed by atoms with van der Waals surface area (Å²) in [6, 6.07) is 2.22. The molecular weight excluding hydrogens is 290 g/mol. The molecule has 1 aliphatic rings. The van der Waals surface area contributed by atoms with Gasteiger partial charge in [-0.3, -0.25) is 4.79 Å². The maximum atomic E-state index is 13.1. The van der Waals surface area contributed by atoms with Gasteiger partial charge < -0.3 is 10.1 Å². The molecule has 1 unspecified atom stereocenters. The summed E-state index contributed by atoms with van der Waals surface area (Å²) in [4.78, 5) is 11.8. The van der Waals surface area contributed by atoms with Crippen LogP contribution in [0.3, 0.4) is 0 Å². The molecular formula is C14H15F4NO2. The summed E-state index contributed by atoms with van der Waals surface area (Å²) in [5.41, 5.74) is -1.64. The van der Waals surface area contributed by atoms with Gasteiger partial charge in [-0.25, -0.2) is 4.39 Å². The molecule has 1 aliphatic heterocycles. The van der Waals surface area contributed by atoms with Crippen molar-refractivity contribution in [3.05, 3.63) is 35.1 Å². The third kappa shape index (κ3) is 4.17. The molecule has 0 saturated carbocycles. The molecule has 0 bridgehead atoms. The van der Waals surface area contributed by atoms with Gasteiger partial charge in [-0.15, -0.1) is 0 Å². The zero-order valence-corrected chi connectivity index (χ0v) is 11.2. The number of carbonyl (C=O) groups excluding carboxylic acids is 1. The van der Waals surface area contributed by atoms with Gasteiger partial charge in [0.05, 0.1) is 12.2 Å². The Labute approximate surface area is 119 Å². The van der Waals surface area contributed by atoms with Gasteiger partial charge >= 0.3 is 6.18 Å². The van der Waals surface area contributed by atoms with Crippen LogP contribution in [0.2, 0.25) is 0 Å². The second-order valence-electron chi connectivity index (χ2n) is 4.99. The number of ether oxygens (including phenoxy) is 1. The van der Waals surface area contributed by atoms with Crippen molar-refractivity contribution in [2.75, 3.05) is 19.8 Å². The minimum Gasteiger partial charge on any atom is -0.381 e. The van der Waals surface area contributed by atoms with E-state index in [0.717, 1.165) is 18.9 Å². The van der Waals surface area contributed by atoms with Gasteiger partial charge in [0.25, 0.3) is 5.91 Å². The first-order valence-electron chi connectivity index (χ1n) is 6.60. The lowest BCUT2D eigenvalue weighted by Gasteiger charge is -2.22. The smallest absolute Gasteiger partial charge is 0.381 e. The molecule has 0 radical (unpaired) electrons. The molecule has 1 amide bonds. The van der Waals surface area contributed by atoms with Crippen molar-refractivity contribution >= 4 is 5.91 Å². The van der Waals surface area contributed by atoms with Crippen molar-refractivity contribution in [1.29, 1.82) is 0 Å². The number of alkyl halides is 3. The summed E-state index contributed by atoms with van der Waals surface area (Å²) in [6.45, 7) is 1.55. The Hall–Kier alpha value is -1.63. The number of hydrogen-bond acceptors (Lipinski definition) is 2. The minimum atomic E-state index is -4.82. The maximum Gasteiger partial charge on any atom is 0.419 e. The highest BCUT2D eigenvalue weighted by Gasteiger charge is 2.34. The predicted octanol–water partition coefficient (Wildman–Crippen LogP) is 3.00. The van der Waals surface area contributed by atoms with Gasteiger partial charge in [-0.2, -0.15) is 13.2 Å². The third-order valence-electron chi connectivity index (χ3n) is 3.34. The Morgan fingerprint density at radius 2 is 2.14 bits per heavy atom. The highest BCUT2D eigenvalue weighted by Crippen LogP contribution is 2.31. The van der Waals surface area contributed by atoms with Crippen LogP contribution in [0.4, 0.5) is 17.6 Å². The highest BCUT2D eigenvalue weighted by atomic mass is 19.4. The van der Waals surface area contributed by atoms with Crippen molar-refractivity contribution in [1.82, 2.24) is 5.32 Å². The molecule has 1 atom stereocenters. The van der Waals surface area contributed by atoms with Gasteiger partial charge in [0.2, 0.25) is 0 Å². The van der Waals surface area contributed by atoms with E-state index in [1.165, 1.54) is 0 Å². The molecule has 7 heteroatoms. The molecule has 2 rings (SSSR count). The Morgan fingerprint density at radius 1 is 1.38 bits per heavy atom. The molecule has 1 heterocycles. The minimum absolute atomic E-state index is 0.158.